The van der Waals surface area contributed by atoms with E-state index >= 15 is 0 Å². The Kier molecular flexibility index (Phi) is 3.08. The Balaban J connectivity index is 3.41. The van der Waals surface area contributed by atoms with Gasteiger partial charge in [-0.25, -0.2) is 18.2 Å². The lowest BCUT2D eigenvalue weighted by Crippen LogP contribution is -2.00. The Morgan fingerprint density at radius 1 is 1.54 bits per heavy atom. The third-order valence-corrected chi connectivity index (χ3v) is 2.20. The maximum absolute atomic E-state index is 13.0. The quantitative estimate of drug-likeness (QED) is 0.590. The minimum Gasteiger partial charge on any atom is -0.248 e. The summed E-state index contributed by atoms with van der Waals surface area (Å²) in [4.78, 5) is 3.48. The van der Waals surface area contributed by atoms with E-state index in [2.05, 4.69) is 4.98 Å². The van der Waals surface area contributed by atoms with Crippen LogP contribution in [0.4, 0.5) is 13.2 Å². The predicted molar refractivity (Wildman–Crippen MR) is 46.6 cm³/mol. The fourth-order valence-electron chi connectivity index (χ4n) is 0.747. The van der Waals surface area contributed by atoms with Crippen LogP contribution in [0.3, 0.4) is 0 Å². The standard InChI is InChI=1S/C7H2F3IN2/c8-5-3(1-12)2-13-7(11)4(5)6(9)10/h2,6H. The molecule has 6 heteroatoms. The van der Waals surface area contributed by atoms with E-state index in [0.717, 1.165) is 6.20 Å². The van der Waals surface area contributed by atoms with Gasteiger partial charge in [0.25, 0.3) is 6.43 Å². The monoisotopic (exact) mass is 298 g/mol. The van der Waals surface area contributed by atoms with Crippen LogP contribution < -0.4 is 0 Å². The van der Waals surface area contributed by atoms with Crippen molar-refractivity contribution in [2.45, 2.75) is 6.43 Å². The van der Waals surface area contributed by atoms with Crippen molar-refractivity contribution in [2.24, 2.45) is 0 Å². The molecule has 1 rings (SSSR count). The Morgan fingerprint density at radius 2 is 2.15 bits per heavy atom. The predicted octanol–water partition coefficient (Wildman–Crippen LogP) is 2.63. The van der Waals surface area contributed by atoms with Crippen molar-refractivity contribution in [3.8, 4) is 6.07 Å². The molecule has 1 aromatic rings. The molecule has 0 amide bonds. The Morgan fingerprint density at radius 3 is 2.62 bits per heavy atom. The van der Waals surface area contributed by atoms with Crippen LogP contribution in [0.5, 0.6) is 0 Å². The van der Waals surface area contributed by atoms with Crippen molar-refractivity contribution in [3.63, 3.8) is 0 Å². The minimum absolute atomic E-state index is 0.121. The first-order valence-corrected chi connectivity index (χ1v) is 4.18. The normalized spacial score (nSPS) is 10.2. The fraction of sp³-hybridized carbons (Fsp3) is 0.143. The van der Waals surface area contributed by atoms with Crippen LogP contribution in [-0.4, -0.2) is 4.98 Å². The van der Waals surface area contributed by atoms with Crippen LogP contribution in [0, 0.1) is 20.8 Å². The second-order valence-electron chi connectivity index (χ2n) is 2.10. The summed E-state index contributed by atoms with van der Waals surface area (Å²) in [6.07, 6.45) is -2.02. The van der Waals surface area contributed by atoms with Crippen LogP contribution in [0.1, 0.15) is 17.6 Å². The van der Waals surface area contributed by atoms with Crippen LogP contribution in [-0.2, 0) is 0 Å². The molecule has 0 saturated heterocycles. The third kappa shape index (κ3) is 1.91. The Bertz CT molecular complexity index is 373. The van der Waals surface area contributed by atoms with E-state index in [9.17, 15) is 13.2 Å². The van der Waals surface area contributed by atoms with Gasteiger partial charge in [0.1, 0.15) is 15.3 Å². The first-order chi connectivity index (χ1) is 6.07. The number of pyridine rings is 1. The molecule has 0 unspecified atom stereocenters. The molecule has 2 nitrogen and oxygen atoms in total. The second kappa shape index (κ2) is 3.91. The molecule has 1 heterocycles. The Hall–Kier alpha value is -0.840. The van der Waals surface area contributed by atoms with Crippen LogP contribution in [0.15, 0.2) is 6.20 Å². The molecule has 0 bridgehead atoms. The molecule has 0 N–H and O–H groups in total. The fourth-order valence-corrected chi connectivity index (χ4v) is 1.36. The van der Waals surface area contributed by atoms with Crippen molar-refractivity contribution < 1.29 is 13.2 Å². The zero-order valence-corrected chi connectivity index (χ0v) is 8.22. The SMILES string of the molecule is N#Cc1cnc(I)c(C(F)F)c1F. The first kappa shape index (κ1) is 10.2. The van der Waals surface area contributed by atoms with E-state index in [1.165, 1.54) is 28.7 Å². The lowest BCUT2D eigenvalue weighted by atomic mass is 10.2. The molecule has 0 aliphatic heterocycles. The van der Waals surface area contributed by atoms with E-state index in [-0.39, 0.29) is 3.70 Å². The summed E-state index contributed by atoms with van der Waals surface area (Å²) in [5.74, 6) is -1.18. The van der Waals surface area contributed by atoms with Crippen molar-refractivity contribution in [2.75, 3.05) is 0 Å². The summed E-state index contributed by atoms with van der Waals surface area (Å²) in [5.41, 5.74) is -1.27. The molecule has 0 aromatic carbocycles. The van der Waals surface area contributed by atoms with E-state index < -0.39 is 23.4 Å². The Labute approximate surface area is 85.5 Å². The summed E-state index contributed by atoms with van der Waals surface area (Å²) in [6.45, 7) is 0. The van der Waals surface area contributed by atoms with Gasteiger partial charge in [-0.3, -0.25) is 0 Å². The molecule has 0 fully saturated rings. The topological polar surface area (TPSA) is 36.7 Å². The number of halogens is 4. The average Bonchev–Trinajstić information content (AvgIpc) is 2.04. The average molecular weight is 298 g/mol. The van der Waals surface area contributed by atoms with E-state index in [1.54, 1.807) is 0 Å². The van der Waals surface area contributed by atoms with Gasteiger partial charge >= 0.3 is 0 Å². The van der Waals surface area contributed by atoms with Gasteiger partial charge in [-0.1, -0.05) is 0 Å². The number of alkyl halides is 2. The zero-order valence-electron chi connectivity index (χ0n) is 6.06. The molecule has 0 spiro atoms. The van der Waals surface area contributed by atoms with Crippen molar-refractivity contribution >= 4 is 22.6 Å². The van der Waals surface area contributed by atoms with Crippen LogP contribution >= 0.6 is 22.6 Å². The number of hydrogen-bond donors (Lipinski definition) is 0. The van der Waals surface area contributed by atoms with Gasteiger partial charge < -0.3 is 0 Å². The summed E-state index contributed by atoms with van der Waals surface area (Å²) in [7, 11) is 0. The molecule has 0 aliphatic rings. The van der Waals surface area contributed by atoms with Crippen LogP contribution in [0.2, 0.25) is 0 Å². The van der Waals surface area contributed by atoms with Gasteiger partial charge in [-0.2, -0.15) is 5.26 Å². The molecule has 13 heavy (non-hydrogen) atoms. The maximum atomic E-state index is 13.0. The zero-order chi connectivity index (χ0) is 10.0. The number of nitrogens with zero attached hydrogens (tertiary/aromatic N) is 2. The summed E-state index contributed by atoms with van der Waals surface area (Å²) >= 11 is 1.49. The second-order valence-corrected chi connectivity index (χ2v) is 3.12. The number of hydrogen-bond acceptors (Lipinski definition) is 2. The highest BCUT2D eigenvalue weighted by molar-refractivity contribution is 14.1. The molecule has 0 radical (unpaired) electrons. The summed E-state index contributed by atoms with van der Waals surface area (Å²) in [6, 6.07) is 1.44. The van der Waals surface area contributed by atoms with Gasteiger partial charge in [0, 0.05) is 6.20 Å². The highest BCUT2D eigenvalue weighted by atomic mass is 127. The largest absolute Gasteiger partial charge is 0.269 e. The number of rotatable bonds is 1. The smallest absolute Gasteiger partial charge is 0.248 e. The minimum atomic E-state index is -2.95. The molecule has 1 aromatic heterocycles. The first-order valence-electron chi connectivity index (χ1n) is 3.10. The van der Waals surface area contributed by atoms with Gasteiger partial charge in [0.05, 0.1) is 5.56 Å². The van der Waals surface area contributed by atoms with Gasteiger partial charge in [-0.15, -0.1) is 0 Å². The van der Waals surface area contributed by atoms with Crippen LogP contribution in [0.25, 0.3) is 0 Å². The highest BCUT2D eigenvalue weighted by Gasteiger charge is 2.21. The van der Waals surface area contributed by atoms with E-state index in [4.69, 9.17) is 5.26 Å². The van der Waals surface area contributed by atoms with Crippen molar-refractivity contribution in [1.29, 1.82) is 5.26 Å². The van der Waals surface area contributed by atoms with Gasteiger partial charge in [-0.05, 0) is 22.6 Å². The number of nitriles is 1. The highest BCUT2D eigenvalue weighted by Crippen LogP contribution is 2.27. The lowest BCUT2D eigenvalue weighted by molar-refractivity contribution is 0.144. The number of aromatic nitrogens is 1. The molecular weight excluding hydrogens is 296 g/mol. The summed E-state index contributed by atoms with van der Waals surface area (Å²) in [5, 5.41) is 8.34. The maximum Gasteiger partial charge on any atom is 0.269 e. The van der Waals surface area contributed by atoms with E-state index in [1.807, 2.05) is 0 Å². The third-order valence-electron chi connectivity index (χ3n) is 1.34. The molecule has 68 valence electrons. The summed E-state index contributed by atoms with van der Waals surface area (Å²) < 4.78 is 37.3. The van der Waals surface area contributed by atoms with Gasteiger partial charge in [0.15, 0.2) is 5.82 Å². The van der Waals surface area contributed by atoms with E-state index in [0.29, 0.717) is 0 Å². The van der Waals surface area contributed by atoms with Gasteiger partial charge in [0.2, 0.25) is 0 Å². The molecule has 0 atom stereocenters. The van der Waals surface area contributed by atoms with Crippen molar-refractivity contribution in [3.05, 3.63) is 26.8 Å². The lowest BCUT2D eigenvalue weighted by Gasteiger charge is -2.04. The van der Waals surface area contributed by atoms with Crippen molar-refractivity contribution in [1.82, 2.24) is 4.98 Å². The molecular formula is C7H2F3IN2. The molecule has 0 aliphatic carbocycles. The molecule has 0 saturated carbocycles.